The summed E-state index contributed by atoms with van der Waals surface area (Å²) in [6.07, 6.45) is 4.51. The van der Waals surface area contributed by atoms with Crippen molar-refractivity contribution in [3.63, 3.8) is 0 Å². The van der Waals surface area contributed by atoms with Crippen LogP contribution in [-0.4, -0.2) is 31.1 Å². The van der Waals surface area contributed by atoms with E-state index in [0.29, 0.717) is 0 Å². The third-order valence-electron chi connectivity index (χ3n) is 6.05. The summed E-state index contributed by atoms with van der Waals surface area (Å²) in [5.74, 6) is -0.124. The Morgan fingerprint density at radius 3 is 2.58 bits per heavy atom. The molecule has 2 aromatic carbocycles. The smallest absolute Gasteiger partial charge is 0.234 e. The Bertz CT molecular complexity index is 1330. The minimum Gasteiger partial charge on any atom is -0.337 e. The third kappa shape index (κ3) is 3.51. The van der Waals surface area contributed by atoms with Crippen LogP contribution in [0.3, 0.4) is 0 Å². The molecule has 5 rings (SSSR count). The largest absolute Gasteiger partial charge is 0.337 e. The molecule has 31 heavy (non-hydrogen) atoms. The lowest BCUT2D eigenvalue weighted by molar-refractivity contribution is -0.121. The van der Waals surface area contributed by atoms with Gasteiger partial charge in [-0.25, -0.2) is 9.97 Å². The number of imidazole rings is 1. The molecular weight excluding hydrogens is 406 g/mol. The van der Waals surface area contributed by atoms with Gasteiger partial charge in [0, 0.05) is 5.39 Å². The molecule has 1 amide bonds. The highest BCUT2D eigenvalue weighted by molar-refractivity contribution is 8.00. The van der Waals surface area contributed by atoms with Gasteiger partial charge in [0.15, 0.2) is 5.16 Å². The van der Waals surface area contributed by atoms with Crippen LogP contribution in [0.2, 0.25) is 0 Å². The van der Waals surface area contributed by atoms with Gasteiger partial charge in [-0.15, -0.1) is 0 Å². The lowest BCUT2D eigenvalue weighted by Gasteiger charge is -2.32. The van der Waals surface area contributed by atoms with Crippen LogP contribution in [-0.2, 0) is 4.79 Å². The lowest BCUT2D eigenvalue weighted by atomic mass is 9.83. The third-order valence-corrected chi connectivity index (χ3v) is 7.10. The molecule has 6 nitrogen and oxygen atoms in total. The van der Waals surface area contributed by atoms with Gasteiger partial charge in [0.1, 0.15) is 11.2 Å². The van der Waals surface area contributed by atoms with Crippen molar-refractivity contribution in [3.8, 4) is 6.07 Å². The van der Waals surface area contributed by atoms with Crippen molar-refractivity contribution in [1.29, 1.82) is 5.26 Å². The van der Waals surface area contributed by atoms with Crippen LogP contribution in [0.4, 0.5) is 0 Å². The molecular formula is C24H23N5OS. The van der Waals surface area contributed by atoms with Gasteiger partial charge in [0.25, 0.3) is 0 Å². The standard InChI is InChI=1S/C24H23N5OS/c1-16(22(30)28-24(15-25)13-7-2-8-14-24)31-23-27-18-10-4-3-9-17(18)21-26-19-11-5-6-12-20(19)29(21)23/h3-6,9-12,16H,2,7-8,13-14H2,1H3,(H,28,30). The van der Waals surface area contributed by atoms with E-state index in [1.807, 2.05) is 59.9 Å². The number of carbonyl (C=O) groups is 1. The lowest BCUT2D eigenvalue weighted by Crippen LogP contribution is -2.51. The average Bonchev–Trinajstić information content (AvgIpc) is 3.20. The van der Waals surface area contributed by atoms with Gasteiger partial charge in [-0.1, -0.05) is 55.3 Å². The molecule has 156 valence electrons. The Balaban J connectivity index is 1.53. The minimum atomic E-state index is -0.738. The topological polar surface area (TPSA) is 83.1 Å². The number of nitriles is 1. The number of benzene rings is 2. The van der Waals surface area contributed by atoms with Gasteiger partial charge in [-0.05, 0) is 44.0 Å². The molecule has 0 radical (unpaired) electrons. The van der Waals surface area contributed by atoms with Crippen LogP contribution in [0.15, 0.2) is 53.7 Å². The molecule has 0 aliphatic heterocycles. The molecule has 1 saturated carbocycles. The summed E-state index contributed by atoms with van der Waals surface area (Å²) in [5.41, 5.74) is 2.80. The van der Waals surface area contributed by atoms with Crippen LogP contribution in [0.1, 0.15) is 39.0 Å². The predicted octanol–water partition coefficient (Wildman–Crippen LogP) is 4.86. The zero-order chi connectivity index (χ0) is 21.4. The molecule has 2 aromatic heterocycles. The first-order valence-corrected chi connectivity index (χ1v) is 11.5. The average molecular weight is 430 g/mol. The number of thioether (sulfide) groups is 1. The molecule has 1 unspecified atom stereocenters. The first-order valence-electron chi connectivity index (χ1n) is 10.7. The second kappa shape index (κ2) is 7.86. The quantitative estimate of drug-likeness (QED) is 0.370. The molecule has 0 saturated heterocycles. The van der Waals surface area contributed by atoms with Crippen LogP contribution in [0, 0.1) is 11.3 Å². The van der Waals surface area contributed by atoms with Gasteiger partial charge >= 0.3 is 0 Å². The fourth-order valence-corrected chi connectivity index (χ4v) is 5.29. The number of nitrogens with zero attached hydrogens (tertiary/aromatic N) is 4. The van der Waals surface area contributed by atoms with Crippen molar-refractivity contribution < 1.29 is 4.79 Å². The highest BCUT2D eigenvalue weighted by Gasteiger charge is 2.35. The summed E-state index contributed by atoms with van der Waals surface area (Å²) in [6.45, 7) is 1.87. The number of para-hydroxylation sites is 3. The number of fused-ring (bicyclic) bond motifs is 5. The van der Waals surface area contributed by atoms with E-state index >= 15 is 0 Å². The van der Waals surface area contributed by atoms with E-state index in [-0.39, 0.29) is 5.91 Å². The molecule has 0 bridgehead atoms. The van der Waals surface area contributed by atoms with Gasteiger partial charge in [0.05, 0.1) is 27.9 Å². The summed E-state index contributed by atoms with van der Waals surface area (Å²) in [5, 5.41) is 14.1. The Kier molecular flexibility index (Phi) is 5.03. The Morgan fingerprint density at radius 1 is 1.10 bits per heavy atom. The molecule has 1 atom stereocenters. The Morgan fingerprint density at radius 2 is 1.81 bits per heavy atom. The number of nitrogens with one attached hydrogen (secondary N) is 1. The van der Waals surface area contributed by atoms with E-state index in [0.717, 1.165) is 64.8 Å². The van der Waals surface area contributed by atoms with Crippen molar-refractivity contribution in [2.45, 2.75) is 55.0 Å². The number of carbonyl (C=O) groups excluding carboxylic acids is 1. The molecule has 1 fully saturated rings. The van der Waals surface area contributed by atoms with Crippen molar-refractivity contribution in [3.05, 3.63) is 48.5 Å². The number of rotatable bonds is 4. The predicted molar refractivity (Wildman–Crippen MR) is 123 cm³/mol. The Hall–Kier alpha value is -3.11. The maximum Gasteiger partial charge on any atom is 0.234 e. The fourth-order valence-electron chi connectivity index (χ4n) is 4.36. The first kappa shape index (κ1) is 19.8. The molecule has 2 heterocycles. The van der Waals surface area contributed by atoms with Crippen LogP contribution in [0.25, 0.3) is 27.6 Å². The Labute approximate surface area is 184 Å². The minimum absolute atomic E-state index is 0.124. The van der Waals surface area contributed by atoms with Gasteiger partial charge < -0.3 is 5.32 Å². The van der Waals surface area contributed by atoms with E-state index in [2.05, 4.69) is 11.4 Å². The SMILES string of the molecule is CC(Sc1nc2ccccc2c2nc3ccccc3n12)C(=O)NC1(C#N)CCCCC1. The second-order valence-electron chi connectivity index (χ2n) is 8.17. The summed E-state index contributed by atoms with van der Waals surface area (Å²) in [6, 6.07) is 18.3. The second-order valence-corrected chi connectivity index (χ2v) is 9.48. The summed E-state index contributed by atoms with van der Waals surface area (Å²) >= 11 is 1.40. The van der Waals surface area contributed by atoms with Crippen LogP contribution < -0.4 is 5.32 Å². The molecule has 4 aromatic rings. The summed E-state index contributed by atoms with van der Waals surface area (Å²) in [7, 11) is 0. The van der Waals surface area contributed by atoms with Gasteiger partial charge in [-0.3, -0.25) is 9.20 Å². The first-order chi connectivity index (χ1) is 15.1. The van der Waals surface area contributed by atoms with Crippen molar-refractivity contribution in [2.75, 3.05) is 0 Å². The number of hydrogen-bond acceptors (Lipinski definition) is 5. The molecule has 1 aliphatic rings. The normalized spacial score (nSPS) is 16.9. The molecule has 7 heteroatoms. The maximum atomic E-state index is 13.0. The van der Waals surface area contributed by atoms with E-state index in [9.17, 15) is 10.1 Å². The monoisotopic (exact) mass is 429 g/mol. The van der Waals surface area contributed by atoms with Crippen LogP contribution >= 0.6 is 11.8 Å². The molecule has 0 spiro atoms. The van der Waals surface area contributed by atoms with Crippen molar-refractivity contribution in [1.82, 2.24) is 19.7 Å². The fraction of sp³-hybridized carbons (Fsp3) is 0.333. The van der Waals surface area contributed by atoms with Crippen LogP contribution in [0.5, 0.6) is 0 Å². The van der Waals surface area contributed by atoms with E-state index < -0.39 is 10.8 Å². The van der Waals surface area contributed by atoms with Gasteiger partial charge in [0.2, 0.25) is 5.91 Å². The maximum absolute atomic E-state index is 13.0. The highest BCUT2D eigenvalue weighted by Crippen LogP contribution is 2.32. The van der Waals surface area contributed by atoms with E-state index in [4.69, 9.17) is 9.97 Å². The number of hydrogen-bond donors (Lipinski definition) is 1. The molecule has 1 N–H and O–H groups in total. The molecule has 1 aliphatic carbocycles. The number of aromatic nitrogens is 3. The zero-order valence-electron chi connectivity index (χ0n) is 17.3. The van der Waals surface area contributed by atoms with Crippen molar-refractivity contribution >= 4 is 45.3 Å². The number of amides is 1. The summed E-state index contributed by atoms with van der Waals surface area (Å²) in [4.78, 5) is 22.8. The van der Waals surface area contributed by atoms with E-state index in [1.54, 1.807) is 0 Å². The summed E-state index contributed by atoms with van der Waals surface area (Å²) < 4.78 is 2.03. The van der Waals surface area contributed by atoms with E-state index in [1.165, 1.54) is 11.8 Å². The zero-order valence-corrected chi connectivity index (χ0v) is 18.2. The highest BCUT2D eigenvalue weighted by atomic mass is 32.2. The van der Waals surface area contributed by atoms with Gasteiger partial charge in [-0.2, -0.15) is 5.26 Å². The van der Waals surface area contributed by atoms with Crippen molar-refractivity contribution in [2.24, 2.45) is 0 Å².